The fourth-order valence-electron chi connectivity index (χ4n) is 2.42. The second-order valence-corrected chi connectivity index (χ2v) is 5.36. The molecule has 2 aromatic rings. The van der Waals surface area contributed by atoms with Crippen molar-refractivity contribution in [2.45, 2.75) is 20.4 Å². The van der Waals surface area contributed by atoms with E-state index in [-0.39, 0.29) is 5.56 Å². The predicted octanol–water partition coefficient (Wildman–Crippen LogP) is 3.08. The van der Waals surface area contributed by atoms with Gasteiger partial charge in [-0.15, -0.1) is 0 Å². The van der Waals surface area contributed by atoms with E-state index in [4.69, 9.17) is 9.52 Å². The number of likely N-dealkylation sites (N-methyl/N-ethyl adjacent to an activating group) is 1. The Labute approximate surface area is 136 Å². The summed E-state index contributed by atoms with van der Waals surface area (Å²) in [5.74, 6) is 0.602. The number of rotatable bonds is 9. The zero-order valence-corrected chi connectivity index (χ0v) is 13.7. The van der Waals surface area contributed by atoms with Crippen LogP contribution in [0.5, 0.6) is 0 Å². The molecule has 5 nitrogen and oxygen atoms in total. The monoisotopic (exact) mass is 316 g/mol. The maximum atomic E-state index is 11.0. The van der Waals surface area contributed by atoms with E-state index in [1.54, 1.807) is 18.2 Å². The molecule has 23 heavy (non-hydrogen) atoms. The first kappa shape index (κ1) is 17.2. The maximum Gasteiger partial charge on any atom is 0.335 e. The number of aromatic carboxylic acids is 1. The molecule has 1 aromatic heterocycles. The van der Waals surface area contributed by atoms with Crippen LogP contribution in [0.15, 0.2) is 40.8 Å². The fourth-order valence-corrected chi connectivity index (χ4v) is 2.42. The van der Waals surface area contributed by atoms with E-state index in [1.807, 2.05) is 18.2 Å². The second kappa shape index (κ2) is 8.50. The Morgan fingerprint density at radius 3 is 2.70 bits per heavy atom. The number of hydrogen-bond acceptors (Lipinski definition) is 4. The Kier molecular flexibility index (Phi) is 6.38. The van der Waals surface area contributed by atoms with E-state index in [0.717, 1.165) is 37.5 Å². The number of carboxylic acid groups (broad SMARTS) is 1. The van der Waals surface area contributed by atoms with E-state index >= 15 is 0 Å². The molecule has 1 aromatic carbocycles. The summed E-state index contributed by atoms with van der Waals surface area (Å²) in [6, 6.07) is 10.6. The molecule has 0 radical (unpaired) electrons. The molecule has 0 amide bonds. The summed E-state index contributed by atoms with van der Waals surface area (Å²) in [6.45, 7) is 9.03. The lowest BCUT2D eigenvalue weighted by atomic mass is 10.1. The summed E-state index contributed by atoms with van der Waals surface area (Å²) in [4.78, 5) is 13.4. The number of nitrogens with one attached hydrogen (secondary N) is 1. The number of hydrogen-bond donors (Lipinski definition) is 2. The van der Waals surface area contributed by atoms with Crippen molar-refractivity contribution in [2.75, 3.05) is 26.2 Å². The molecule has 2 N–H and O–H groups in total. The van der Waals surface area contributed by atoms with Crippen molar-refractivity contribution >= 4 is 5.97 Å². The predicted molar refractivity (Wildman–Crippen MR) is 90.6 cm³/mol. The molecule has 2 rings (SSSR count). The summed E-state index contributed by atoms with van der Waals surface area (Å²) < 4.78 is 5.80. The third kappa shape index (κ3) is 4.94. The van der Waals surface area contributed by atoms with E-state index < -0.39 is 5.97 Å². The number of benzene rings is 1. The van der Waals surface area contributed by atoms with Crippen molar-refractivity contribution < 1.29 is 14.3 Å². The highest BCUT2D eigenvalue weighted by Crippen LogP contribution is 2.23. The molecule has 0 saturated heterocycles. The first-order valence-electron chi connectivity index (χ1n) is 7.99. The van der Waals surface area contributed by atoms with E-state index in [9.17, 15) is 4.79 Å². The van der Waals surface area contributed by atoms with Crippen LogP contribution in [0, 0.1) is 0 Å². The summed E-state index contributed by atoms with van der Waals surface area (Å²) in [6.07, 6.45) is 0. The second-order valence-electron chi connectivity index (χ2n) is 5.36. The Morgan fingerprint density at radius 1 is 1.22 bits per heavy atom. The molecule has 0 aliphatic heterocycles. The summed E-state index contributed by atoms with van der Waals surface area (Å²) in [7, 11) is 0. The van der Waals surface area contributed by atoms with Gasteiger partial charge in [-0.1, -0.05) is 26.0 Å². The van der Waals surface area contributed by atoms with Crippen LogP contribution in [0.2, 0.25) is 0 Å². The quantitative estimate of drug-likeness (QED) is 0.696. The minimum Gasteiger partial charge on any atom is -0.478 e. The lowest BCUT2D eigenvalue weighted by molar-refractivity contribution is 0.0697. The number of furan rings is 1. The molecule has 0 fully saturated rings. The number of carbonyl (C=O) groups is 1. The Balaban J connectivity index is 1.91. The highest BCUT2D eigenvalue weighted by atomic mass is 16.4. The van der Waals surface area contributed by atoms with Gasteiger partial charge >= 0.3 is 5.97 Å². The SMILES string of the molecule is CCN(CC)CCNCc1ccc(-c2cccc(C(=O)O)c2)o1. The molecular weight excluding hydrogens is 292 g/mol. The average Bonchev–Trinajstić information content (AvgIpc) is 3.04. The number of nitrogens with zero attached hydrogens (tertiary/aromatic N) is 1. The topological polar surface area (TPSA) is 65.7 Å². The summed E-state index contributed by atoms with van der Waals surface area (Å²) in [5.41, 5.74) is 1.04. The zero-order valence-electron chi connectivity index (χ0n) is 13.7. The molecule has 124 valence electrons. The number of carboxylic acids is 1. The van der Waals surface area contributed by atoms with Crippen LogP contribution in [-0.4, -0.2) is 42.2 Å². The van der Waals surface area contributed by atoms with Gasteiger partial charge in [0, 0.05) is 18.7 Å². The molecule has 0 aliphatic carbocycles. The van der Waals surface area contributed by atoms with E-state index in [0.29, 0.717) is 12.3 Å². The van der Waals surface area contributed by atoms with Gasteiger partial charge < -0.3 is 19.7 Å². The third-order valence-corrected chi connectivity index (χ3v) is 3.85. The molecule has 1 heterocycles. The fraction of sp³-hybridized carbons (Fsp3) is 0.389. The average molecular weight is 316 g/mol. The van der Waals surface area contributed by atoms with Gasteiger partial charge in [0.2, 0.25) is 0 Å². The first-order valence-corrected chi connectivity index (χ1v) is 7.99. The van der Waals surface area contributed by atoms with Crippen molar-refractivity contribution in [2.24, 2.45) is 0 Å². The van der Waals surface area contributed by atoms with Gasteiger partial charge in [-0.2, -0.15) is 0 Å². The lowest BCUT2D eigenvalue weighted by Gasteiger charge is -2.17. The van der Waals surface area contributed by atoms with E-state index in [1.165, 1.54) is 0 Å². The molecule has 0 saturated carbocycles. The van der Waals surface area contributed by atoms with Crippen molar-refractivity contribution in [1.82, 2.24) is 10.2 Å². The van der Waals surface area contributed by atoms with Gasteiger partial charge in [0.05, 0.1) is 12.1 Å². The van der Waals surface area contributed by atoms with Crippen LogP contribution in [0.3, 0.4) is 0 Å². The van der Waals surface area contributed by atoms with Crippen LogP contribution >= 0.6 is 0 Å². The van der Waals surface area contributed by atoms with Crippen LogP contribution in [0.4, 0.5) is 0 Å². The third-order valence-electron chi connectivity index (χ3n) is 3.85. The van der Waals surface area contributed by atoms with E-state index in [2.05, 4.69) is 24.1 Å². The highest BCUT2D eigenvalue weighted by Gasteiger charge is 2.08. The molecule has 5 heteroatoms. The lowest BCUT2D eigenvalue weighted by Crippen LogP contribution is -2.31. The van der Waals surface area contributed by atoms with Gasteiger partial charge in [-0.05, 0) is 37.4 Å². The Bertz CT molecular complexity index is 633. The standard InChI is InChI=1S/C18H24N2O3/c1-3-20(4-2)11-10-19-13-16-8-9-17(23-16)14-6-5-7-15(12-14)18(21)22/h5-9,12,19H,3-4,10-11,13H2,1-2H3,(H,21,22). The zero-order chi connectivity index (χ0) is 16.7. The minimum absolute atomic E-state index is 0.262. The maximum absolute atomic E-state index is 11.0. The van der Waals surface area contributed by atoms with Gasteiger partial charge in [0.25, 0.3) is 0 Å². The van der Waals surface area contributed by atoms with Crippen LogP contribution < -0.4 is 5.32 Å². The molecule has 0 unspecified atom stereocenters. The molecule has 0 spiro atoms. The van der Waals surface area contributed by atoms with Gasteiger partial charge in [0.1, 0.15) is 11.5 Å². The van der Waals surface area contributed by atoms with Crippen molar-refractivity contribution in [3.8, 4) is 11.3 Å². The van der Waals surface area contributed by atoms with Crippen molar-refractivity contribution in [3.05, 3.63) is 47.7 Å². The van der Waals surface area contributed by atoms with Gasteiger partial charge in [-0.25, -0.2) is 4.79 Å². The first-order chi connectivity index (χ1) is 11.1. The molecular formula is C18H24N2O3. The van der Waals surface area contributed by atoms with Crippen LogP contribution in [0.25, 0.3) is 11.3 Å². The smallest absolute Gasteiger partial charge is 0.335 e. The van der Waals surface area contributed by atoms with Crippen molar-refractivity contribution in [3.63, 3.8) is 0 Å². The summed E-state index contributed by atoms with van der Waals surface area (Å²) >= 11 is 0. The van der Waals surface area contributed by atoms with Crippen molar-refractivity contribution in [1.29, 1.82) is 0 Å². The largest absolute Gasteiger partial charge is 0.478 e. The van der Waals surface area contributed by atoms with Crippen LogP contribution in [-0.2, 0) is 6.54 Å². The van der Waals surface area contributed by atoms with Crippen LogP contribution in [0.1, 0.15) is 30.0 Å². The Hall–Kier alpha value is -2.11. The molecule has 0 aliphatic rings. The minimum atomic E-state index is -0.934. The normalized spacial score (nSPS) is 11.1. The highest BCUT2D eigenvalue weighted by molar-refractivity contribution is 5.89. The van der Waals surface area contributed by atoms with Gasteiger partial charge in [-0.3, -0.25) is 0 Å². The molecule has 0 bridgehead atoms. The van der Waals surface area contributed by atoms with Gasteiger partial charge in [0.15, 0.2) is 0 Å². The molecule has 0 atom stereocenters. The Morgan fingerprint density at radius 2 is 2.00 bits per heavy atom. The summed E-state index contributed by atoms with van der Waals surface area (Å²) in [5, 5.41) is 12.4.